The van der Waals surface area contributed by atoms with E-state index in [0.717, 1.165) is 56.2 Å². The van der Waals surface area contributed by atoms with Gasteiger partial charge < -0.3 is 15.7 Å². The molecule has 6 heteroatoms. The first-order chi connectivity index (χ1) is 18.8. The maximum Gasteiger partial charge on any atom is 0.255 e. The maximum absolute atomic E-state index is 14.5. The number of hydrogen-bond donors (Lipinski definition) is 2. The van der Waals surface area contributed by atoms with Crippen molar-refractivity contribution < 1.29 is 14.7 Å². The van der Waals surface area contributed by atoms with E-state index in [9.17, 15) is 14.7 Å². The minimum absolute atomic E-state index is 0.0264. The average molecular weight is 550 g/mol. The molecular weight excluding hydrogens is 498 g/mol. The van der Waals surface area contributed by atoms with Crippen LogP contribution in [0.2, 0.25) is 0 Å². The molecule has 0 bridgehead atoms. The molecule has 0 aromatic heterocycles. The van der Waals surface area contributed by atoms with E-state index in [1.54, 1.807) is 6.07 Å². The summed E-state index contributed by atoms with van der Waals surface area (Å²) in [5.74, 6) is 0.565. The minimum atomic E-state index is -0.505. The summed E-state index contributed by atoms with van der Waals surface area (Å²) in [5, 5.41) is 9.99. The van der Waals surface area contributed by atoms with Gasteiger partial charge in [0, 0.05) is 24.1 Å². The van der Waals surface area contributed by atoms with Crippen LogP contribution in [-0.4, -0.2) is 35.8 Å². The van der Waals surface area contributed by atoms with Crippen LogP contribution in [-0.2, 0) is 4.79 Å². The number of nitrogens with zero attached hydrogens (tertiary/aromatic N) is 2. The molecule has 2 saturated carbocycles. The number of aliphatic hydroxyl groups excluding tert-OH is 1. The van der Waals surface area contributed by atoms with Crippen LogP contribution in [0.4, 0.5) is 11.4 Å². The van der Waals surface area contributed by atoms with Crippen molar-refractivity contribution in [3.8, 4) is 0 Å². The van der Waals surface area contributed by atoms with Crippen LogP contribution in [0.15, 0.2) is 34.3 Å². The summed E-state index contributed by atoms with van der Waals surface area (Å²) in [5.41, 5.74) is 9.25. The molecular formula is C34H51N3O3. The van der Waals surface area contributed by atoms with Crippen molar-refractivity contribution in [3.05, 3.63) is 34.9 Å². The number of nitrogens with two attached hydrogens (primary N) is 1. The Morgan fingerprint density at radius 1 is 1.20 bits per heavy atom. The smallest absolute Gasteiger partial charge is 0.255 e. The monoisotopic (exact) mass is 549 g/mol. The second kappa shape index (κ2) is 12.2. The molecule has 1 aromatic carbocycles. The van der Waals surface area contributed by atoms with E-state index in [2.05, 4.69) is 41.5 Å². The van der Waals surface area contributed by atoms with Gasteiger partial charge in [-0.25, -0.2) is 0 Å². The molecule has 1 aromatic rings. The van der Waals surface area contributed by atoms with Gasteiger partial charge >= 0.3 is 0 Å². The van der Waals surface area contributed by atoms with E-state index in [1.165, 1.54) is 24.8 Å². The highest BCUT2D eigenvalue weighted by Crippen LogP contribution is 2.50. The van der Waals surface area contributed by atoms with Gasteiger partial charge in [0.2, 0.25) is 0 Å². The molecule has 3 N–H and O–H groups in total. The molecule has 3 atom stereocenters. The molecule has 3 aliphatic rings. The molecule has 0 saturated heterocycles. The van der Waals surface area contributed by atoms with Gasteiger partial charge in [0.25, 0.3) is 11.8 Å². The first-order valence-electron chi connectivity index (χ1n) is 15.5. The van der Waals surface area contributed by atoms with E-state index >= 15 is 0 Å². The summed E-state index contributed by atoms with van der Waals surface area (Å²) in [6, 6.07) is 5.46. The lowest BCUT2D eigenvalue weighted by Gasteiger charge is -2.42. The summed E-state index contributed by atoms with van der Waals surface area (Å²) in [7, 11) is 0. The largest absolute Gasteiger partial charge is 0.396 e. The van der Waals surface area contributed by atoms with Crippen LogP contribution in [0.1, 0.15) is 116 Å². The van der Waals surface area contributed by atoms with Crippen LogP contribution in [0.5, 0.6) is 0 Å². The molecule has 40 heavy (non-hydrogen) atoms. The number of aliphatic imine (C=N–C) groups is 1. The fourth-order valence-electron chi connectivity index (χ4n) is 7.78. The molecule has 1 heterocycles. The van der Waals surface area contributed by atoms with Gasteiger partial charge in [0.1, 0.15) is 0 Å². The van der Waals surface area contributed by atoms with Gasteiger partial charge in [-0.15, -0.1) is 0 Å². The first-order valence-corrected chi connectivity index (χ1v) is 15.5. The van der Waals surface area contributed by atoms with E-state index in [0.29, 0.717) is 23.1 Å². The minimum Gasteiger partial charge on any atom is -0.396 e. The lowest BCUT2D eigenvalue weighted by Crippen LogP contribution is -2.46. The third-order valence-electron chi connectivity index (χ3n) is 9.52. The molecule has 2 fully saturated rings. The first kappa shape index (κ1) is 30.5. The number of rotatable bonds is 8. The second-order valence-electron chi connectivity index (χ2n) is 14.4. The summed E-state index contributed by atoms with van der Waals surface area (Å²) >= 11 is 0. The summed E-state index contributed by atoms with van der Waals surface area (Å²) in [6.07, 6.45) is 12.8. The molecule has 4 rings (SSSR count). The van der Waals surface area contributed by atoms with E-state index in [-0.39, 0.29) is 35.3 Å². The maximum atomic E-state index is 14.5. The van der Waals surface area contributed by atoms with E-state index in [4.69, 9.17) is 10.7 Å². The van der Waals surface area contributed by atoms with Gasteiger partial charge in [-0.05, 0) is 90.9 Å². The predicted molar refractivity (Wildman–Crippen MR) is 164 cm³/mol. The molecule has 6 nitrogen and oxygen atoms in total. The molecule has 0 radical (unpaired) electrons. The van der Waals surface area contributed by atoms with Crippen molar-refractivity contribution in [1.82, 2.24) is 0 Å². The van der Waals surface area contributed by atoms with E-state index in [1.807, 2.05) is 23.2 Å². The third kappa shape index (κ3) is 6.53. The highest BCUT2D eigenvalue weighted by Gasteiger charge is 2.49. The summed E-state index contributed by atoms with van der Waals surface area (Å²) in [6.45, 7) is 13.3. The number of amides is 2. The highest BCUT2D eigenvalue weighted by molar-refractivity contribution is 6.11. The van der Waals surface area contributed by atoms with Gasteiger partial charge in [0.15, 0.2) is 0 Å². The number of benzene rings is 1. The van der Waals surface area contributed by atoms with Gasteiger partial charge in [-0.3, -0.25) is 14.6 Å². The number of primary amides is 1. The highest BCUT2D eigenvalue weighted by atomic mass is 16.3. The fraction of sp³-hybridized carbons (Fsp3) is 0.676. The van der Waals surface area contributed by atoms with Crippen LogP contribution in [0, 0.1) is 28.6 Å². The molecule has 3 unspecified atom stereocenters. The van der Waals surface area contributed by atoms with Crippen molar-refractivity contribution >= 4 is 29.4 Å². The lowest BCUT2D eigenvalue weighted by molar-refractivity contribution is -0.115. The number of anilines is 1. The number of fused-ring (bicyclic) bond motifs is 1. The third-order valence-corrected chi connectivity index (χ3v) is 9.52. The SMILES string of the molecule is CC1CCCC2=C(C(C)CC(C)(C)CO)C(=O)N(c3ccc(C(N)=O)c(N=CC4CCCCC4)c3)C2C(C)(C)C1. The Morgan fingerprint density at radius 3 is 2.55 bits per heavy atom. The van der Waals surface area contributed by atoms with Crippen LogP contribution >= 0.6 is 0 Å². The Balaban J connectivity index is 1.80. The Bertz CT molecular complexity index is 1160. The van der Waals surface area contributed by atoms with Gasteiger partial charge in [-0.2, -0.15) is 0 Å². The van der Waals surface area contributed by atoms with Crippen molar-refractivity contribution in [2.24, 2.45) is 39.3 Å². The number of carbonyl (C=O) groups is 2. The molecule has 1 aliphatic heterocycles. The van der Waals surface area contributed by atoms with Crippen LogP contribution < -0.4 is 10.6 Å². The van der Waals surface area contributed by atoms with Crippen LogP contribution in [0.25, 0.3) is 0 Å². The Kier molecular flexibility index (Phi) is 9.28. The van der Waals surface area contributed by atoms with Gasteiger partial charge in [0.05, 0.1) is 17.3 Å². The Hall–Kier alpha value is -2.47. The molecule has 2 amide bonds. The molecule has 0 spiro atoms. The molecule has 2 aliphatic carbocycles. The molecule has 220 valence electrons. The predicted octanol–water partition coefficient (Wildman–Crippen LogP) is 7.36. The topological polar surface area (TPSA) is 96.0 Å². The summed E-state index contributed by atoms with van der Waals surface area (Å²) in [4.78, 5) is 33.7. The number of aliphatic hydroxyl groups is 1. The van der Waals surface area contributed by atoms with Gasteiger partial charge in [-0.1, -0.05) is 67.2 Å². The van der Waals surface area contributed by atoms with E-state index < -0.39 is 5.91 Å². The Labute approximate surface area is 241 Å². The average Bonchev–Trinajstić information content (AvgIpc) is 3.19. The zero-order valence-electron chi connectivity index (χ0n) is 25.6. The van der Waals surface area contributed by atoms with Crippen LogP contribution in [0.3, 0.4) is 0 Å². The second-order valence-corrected chi connectivity index (χ2v) is 14.4. The quantitative estimate of drug-likeness (QED) is 0.332. The normalized spacial score (nSPS) is 25.2. The Morgan fingerprint density at radius 2 is 1.90 bits per heavy atom. The van der Waals surface area contributed by atoms with Crippen molar-refractivity contribution in [2.45, 2.75) is 112 Å². The van der Waals surface area contributed by atoms with Crippen molar-refractivity contribution in [1.29, 1.82) is 0 Å². The number of carbonyl (C=O) groups excluding carboxylic acids is 2. The number of hydrogen-bond acceptors (Lipinski definition) is 4. The lowest BCUT2D eigenvalue weighted by atomic mass is 9.69. The zero-order chi connectivity index (χ0) is 29.2. The fourth-order valence-corrected chi connectivity index (χ4v) is 7.78. The van der Waals surface area contributed by atoms with Crippen molar-refractivity contribution in [3.63, 3.8) is 0 Å². The van der Waals surface area contributed by atoms with Crippen molar-refractivity contribution in [2.75, 3.05) is 11.5 Å². The zero-order valence-corrected chi connectivity index (χ0v) is 25.6. The summed E-state index contributed by atoms with van der Waals surface area (Å²) < 4.78 is 0. The standard InChI is InChI=1S/C34H51N3O3/c1-22-11-10-14-27-29(23(2)19-33(3,4)21-38)32(40)37(30(27)34(5,6)18-22)25-15-16-26(31(35)39)28(17-25)36-20-24-12-8-7-9-13-24/h15-17,20,22-24,30,38H,7-14,18-19,21H2,1-6H3,(H2,35,39).